The third-order valence-corrected chi connectivity index (χ3v) is 4.45. The first-order valence-corrected chi connectivity index (χ1v) is 7.93. The summed E-state index contributed by atoms with van der Waals surface area (Å²) in [6.45, 7) is 2.07. The van der Waals surface area contributed by atoms with Gasteiger partial charge >= 0.3 is 0 Å². The highest BCUT2D eigenvalue weighted by atomic mass is 32.1. The summed E-state index contributed by atoms with van der Waals surface area (Å²) in [5.74, 6) is 0.670. The first kappa shape index (κ1) is 13.1. The second-order valence-corrected chi connectivity index (χ2v) is 6.03. The van der Waals surface area contributed by atoms with Crippen LogP contribution in [0.4, 0.5) is 0 Å². The van der Waals surface area contributed by atoms with Gasteiger partial charge in [-0.25, -0.2) is 4.98 Å². The van der Waals surface area contributed by atoms with Gasteiger partial charge in [-0.15, -0.1) is 21.5 Å². The number of aromatic nitrogens is 3. The van der Waals surface area contributed by atoms with Crippen molar-refractivity contribution in [3.63, 3.8) is 0 Å². The molecule has 3 nitrogen and oxygen atoms in total. The van der Waals surface area contributed by atoms with Crippen molar-refractivity contribution in [3.8, 4) is 22.5 Å². The van der Waals surface area contributed by atoms with Crippen LogP contribution >= 0.6 is 11.3 Å². The Morgan fingerprint density at radius 2 is 1.59 bits per heavy atom. The second kappa shape index (κ2) is 5.31. The molecule has 0 saturated heterocycles. The fourth-order valence-electron chi connectivity index (χ4n) is 2.39. The molecule has 0 bridgehead atoms. The number of hydrogen-bond acceptors (Lipinski definition) is 4. The zero-order valence-corrected chi connectivity index (χ0v) is 12.8. The smallest absolute Gasteiger partial charge is 0.182 e. The summed E-state index contributed by atoms with van der Waals surface area (Å²) in [5.41, 5.74) is 5.40. The molecule has 0 atom stereocenters. The van der Waals surface area contributed by atoms with Gasteiger partial charge < -0.3 is 0 Å². The molecular weight excluding hydrogens is 290 g/mol. The van der Waals surface area contributed by atoms with Crippen LogP contribution < -0.4 is 0 Å². The number of benzene rings is 2. The van der Waals surface area contributed by atoms with Gasteiger partial charge in [-0.1, -0.05) is 60.2 Å². The van der Waals surface area contributed by atoms with Crippen molar-refractivity contribution in [3.05, 3.63) is 65.5 Å². The maximum absolute atomic E-state index is 4.75. The zero-order valence-electron chi connectivity index (χ0n) is 12.0. The van der Waals surface area contributed by atoms with Crippen molar-refractivity contribution < 1.29 is 0 Å². The summed E-state index contributed by atoms with van der Waals surface area (Å²) in [4.78, 5) is 5.62. The average molecular weight is 303 g/mol. The van der Waals surface area contributed by atoms with E-state index in [4.69, 9.17) is 4.98 Å². The molecule has 0 radical (unpaired) electrons. The molecule has 0 saturated carbocycles. The lowest BCUT2D eigenvalue weighted by Gasteiger charge is -2.02. The Balaban J connectivity index is 1.88. The van der Waals surface area contributed by atoms with Crippen molar-refractivity contribution in [2.45, 2.75) is 6.92 Å². The summed E-state index contributed by atoms with van der Waals surface area (Å²) in [6, 6.07) is 18.5. The normalized spacial score (nSPS) is 11.0. The van der Waals surface area contributed by atoms with Gasteiger partial charge in [0.2, 0.25) is 0 Å². The SMILES string of the molecule is Cc1ccc(-c2nnc3scc(-c4ccccc4)c3n2)cc1. The standard InChI is InChI=1S/C18H13N3S/c1-12-7-9-14(10-8-12)17-19-16-15(11-22-18(16)21-20-17)13-5-3-2-4-6-13/h2-11H,1H3. The summed E-state index contributed by atoms with van der Waals surface area (Å²) < 4.78 is 0. The first-order chi connectivity index (χ1) is 10.8. The minimum atomic E-state index is 0.670. The van der Waals surface area contributed by atoms with Crippen LogP contribution in [-0.2, 0) is 0 Å². The molecule has 0 amide bonds. The van der Waals surface area contributed by atoms with Gasteiger partial charge in [0.25, 0.3) is 0 Å². The third kappa shape index (κ3) is 2.27. The molecule has 4 heteroatoms. The Hall–Kier alpha value is -2.59. The van der Waals surface area contributed by atoms with Gasteiger partial charge in [0.15, 0.2) is 10.7 Å². The van der Waals surface area contributed by atoms with Crippen molar-refractivity contribution in [1.82, 2.24) is 15.2 Å². The molecule has 2 aromatic heterocycles. The second-order valence-electron chi connectivity index (χ2n) is 5.17. The number of fused-ring (bicyclic) bond motifs is 1. The van der Waals surface area contributed by atoms with E-state index in [0.29, 0.717) is 5.82 Å². The predicted octanol–water partition coefficient (Wildman–Crippen LogP) is 4.73. The minimum Gasteiger partial charge on any atom is -0.223 e. The van der Waals surface area contributed by atoms with Crippen LogP contribution in [0.3, 0.4) is 0 Å². The van der Waals surface area contributed by atoms with Gasteiger partial charge in [-0.2, -0.15) is 0 Å². The molecule has 0 fully saturated rings. The monoisotopic (exact) mass is 303 g/mol. The Kier molecular flexibility index (Phi) is 3.16. The molecule has 4 aromatic rings. The summed E-state index contributed by atoms with van der Waals surface area (Å²) in [5, 5.41) is 10.7. The molecule has 0 spiro atoms. The minimum absolute atomic E-state index is 0.670. The number of nitrogens with zero attached hydrogens (tertiary/aromatic N) is 3. The molecule has 22 heavy (non-hydrogen) atoms. The Bertz CT molecular complexity index is 928. The fraction of sp³-hybridized carbons (Fsp3) is 0.0556. The Labute approximate surface area is 132 Å². The number of aryl methyl sites for hydroxylation is 1. The highest BCUT2D eigenvalue weighted by Crippen LogP contribution is 2.32. The zero-order chi connectivity index (χ0) is 14.9. The van der Waals surface area contributed by atoms with E-state index >= 15 is 0 Å². The van der Waals surface area contributed by atoms with Crippen LogP contribution in [0.2, 0.25) is 0 Å². The van der Waals surface area contributed by atoms with Crippen LogP contribution in [0.5, 0.6) is 0 Å². The molecule has 0 aliphatic heterocycles. The topological polar surface area (TPSA) is 38.7 Å². The largest absolute Gasteiger partial charge is 0.223 e. The maximum Gasteiger partial charge on any atom is 0.182 e. The highest BCUT2D eigenvalue weighted by Gasteiger charge is 2.11. The molecule has 0 aliphatic rings. The van der Waals surface area contributed by atoms with Crippen molar-refractivity contribution in [1.29, 1.82) is 0 Å². The number of rotatable bonds is 2. The van der Waals surface area contributed by atoms with Crippen molar-refractivity contribution in [2.24, 2.45) is 0 Å². The maximum atomic E-state index is 4.75. The van der Waals surface area contributed by atoms with E-state index in [-0.39, 0.29) is 0 Å². The fourth-order valence-corrected chi connectivity index (χ4v) is 3.22. The van der Waals surface area contributed by atoms with E-state index in [1.54, 1.807) is 11.3 Å². The predicted molar refractivity (Wildman–Crippen MR) is 90.8 cm³/mol. The Morgan fingerprint density at radius 3 is 2.36 bits per heavy atom. The summed E-state index contributed by atoms with van der Waals surface area (Å²) >= 11 is 1.58. The Morgan fingerprint density at radius 1 is 0.818 bits per heavy atom. The van der Waals surface area contributed by atoms with E-state index in [1.807, 2.05) is 30.3 Å². The molecule has 106 valence electrons. The molecule has 0 N–H and O–H groups in total. The van der Waals surface area contributed by atoms with Gasteiger partial charge in [-0.05, 0) is 12.5 Å². The number of thiophene rings is 1. The van der Waals surface area contributed by atoms with E-state index < -0.39 is 0 Å². The lowest BCUT2D eigenvalue weighted by Crippen LogP contribution is -1.92. The molecule has 2 aromatic carbocycles. The molecule has 4 rings (SSSR count). The van der Waals surface area contributed by atoms with E-state index in [1.165, 1.54) is 5.56 Å². The van der Waals surface area contributed by atoms with Crippen molar-refractivity contribution in [2.75, 3.05) is 0 Å². The van der Waals surface area contributed by atoms with Crippen LogP contribution in [0.1, 0.15) is 5.56 Å². The summed E-state index contributed by atoms with van der Waals surface area (Å²) in [6.07, 6.45) is 0. The van der Waals surface area contributed by atoms with Crippen molar-refractivity contribution >= 4 is 21.7 Å². The van der Waals surface area contributed by atoms with Gasteiger partial charge in [0.1, 0.15) is 5.52 Å². The van der Waals surface area contributed by atoms with Gasteiger partial charge in [0, 0.05) is 16.5 Å². The van der Waals surface area contributed by atoms with Crippen LogP contribution in [-0.4, -0.2) is 15.2 Å². The molecule has 0 unspecified atom stereocenters. The third-order valence-electron chi connectivity index (χ3n) is 3.59. The lowest BCUT2D eigenvalue weighted by atomic mass is 10.1. The molecule has 0 aliphatic carbocycles. The van der Waals surface area contributed by atoms with Crippen LogP contribution in [0, 0.1) is 6.92 Å². The van der Waals surface area contributed by atoms with Crippen LogP contribution in [0.25, 0.3) is 32.9 Å². The highest BCUT2D eigenvalue weighted by molar-refractivity contribution is 7.17. The van der Waals surface area contributed by atoms with Gasteiger partial charge in [0.05, 0.1) is 0 Å². The summed E-state index contributed by atoms with van der Waals surface area (Å²) in [7, 11) is 0. The van der Waals surface area contributed by atoms with E-state index in [0.717, 1.165) is 27.0 Å². The van der Waals surface area contributed by atoms with E-state index in [2.05, 4.69) is 46.8 Å². The number of hydrogen-bond donors (Lipinski definition) is 0. The first-order valence-electron chi connectivity index (χ1n) is 7.05. The van der Waals surface area contributed by atoms with E-state index in [9.17, 15) is 0 Å². The van der Waals surface area contributed by atoms with Gasteiger partial charge in [-0.3, -0.25) is 0 Å². The quantitative estimate of drug-likeness (QED) is 0.537. The molecular formula is C18H13N3S. The van der Waals surface area contributed by atoms with Crippen LogP contribution in [0.15, 0.2) is 60.0 Å². The molecule has 2 heterocycles. The lowest BCUT2D eigenvalue weighted by molar-refractivity contribution is 1.04. The average Bonchev–Trinajstić information content (AvgIpc) is 2.99.